The predicted molar refractivity (Wildman–Crippen MR) is 39.2 cm³/mol. The van der Waals surface area contributed by atoms with E-state index in [0.29, 0.717) is 6.32 Å². The number of carbonyl (C=O) groups is 2. The molecule has 0 atom stereocenters. The molecule has 3 nitrogen and oxygen atoms in total. The molecule has 0 aliphatic heterocycles. The van der Waals surface area contributed by atoms with Gasteiger partial charge in [-0.05, 0) is 19.2 Å². The highest BCUT2D eigenvalue weighted by molar-refractivity contribution is 6.21. The number of hydrogen-bond donors (Lipinski definition) is 1. The van der Waals surface area contributed by atoms with Crippen LogP contribution in [0.5, 0.6) is 0 Å². The molecule has 0 aromatic rings. The second kappa shape index (κ2) is 2.86. The first-order chi connectivity index (χ1) is 4.74. The summed E-state index contributed by atoms with van der Waals surface area (Å²) in [5, 5.41) is 2.31. The van der Waals surface area contributed by atoms with Crippen LogP contribution >= 0.6 is 0 Å². The molecule has 0 heterocycles. The zero-order valence-electron chi connectivity index (χ0n) is 6.02. The summed E-state index contributed by atoms with van der Waals surface area (Å²) < 4.78 is 0. The molecule has 2 amide bonds. The van der Waals surface area contributed by atoms with E-state index >= 15 is 0 Å². The van der Waals surface area contributed by atoms with Crippen LogP contribution in [-0.4, -0.2) is 19.7 Å². The first kappa shape index (κ1) is 7.31. The number of hydrogen-bond acceptors (Lipinski definition) is 2. The molecule has 0 spiro atoms. The fraction of sp³-hybridized carbons (Fsp3) is 0.667. The molecule has 54 valence electrons. The van der Waals surface area contributed by atoms with Crippen molar-refractivity contribution in [1.29, 1.82) is 0 Å². The average molecular weight is 139 g/mol. The van der Waals surface area contributed by atoms with Gasteiger partial charge in [-0.15, -0.1) is 0 Å². The molecule has 10 heavy (non-hydrogen) atoms. The van der Waals surface area contributed by atoms with Crippen molar-refractivity contribution in [2.75, 3.05) is 0 Å². The van der Waals surface area contributed by atoms with Gasteiger partial charge in [0, 0.05) is 5.92 Å². The van der Waals surface area contributed by atoms with E-state index in [2.05, 4.69) is 5.32 Å². The van der Waals surface area contributed by atoms with Crippen molar-refractivity contribution in [3.63, 3.8) is 0 Å². The lowest BCUT2D eigenvalue weighted by Crippen LogP contribution is -2.30. The summed E-state index contributed by atoms with van der Waals surface area (Å²) in [5.74, 6) is -0.126. The van der Waals surface area contributed by atoms with Gasteiger partial charge in [-0.25, -0.2) is 0 Å². The molecule has 1 N–H and O–H groups in total. The molecule has 4 heteroatoms. The third-order valence-electron chi connectivity index (χ3n) is 1.53. The number of rotatable bonds is 2. The van der Waals surface area contributed by atoms with Crippen LogP contribution in [0.1, 0.15) is 12.8 Å². The first-order valence-corrected chi connectivity index (χ1v) is 3.57. The Morgan fingerprint density at radius 2 is 2.10 bits per heavy atom. The second-order valence-corrected chi connectivity index (χ2v) is 2.54. The van der Waals surface area contributed by atoms with Gasteiger partial charge in [-0.2, -0.15) is 0 Å². The Hall–Kier alpha value is -0.795. The molecule has 1 saturated carbocycles. The van der Waals surface area contributed by atoms with E-state index in [9.17, 15) is 9.59 Å². The zero-order valence-corrected chi connectivity index (χ0v) is 6.02. The monoisotopic (exact) mass is 139 g/mol. The van der Waals surface area contributed by atoms with E-state index in [4.69, 9.17) is 0 Å². The van der Waals surface area contributed by atoms with E-state index in [1.165, 1.54) is 0 Å². The Morgan fingerprint density at radius 3 is 2.50 bits per heavy atom. The number of carbonyl (C=O) groups excluding carboxylic acids is 2. The van der Waals surface area contributed by atoms with Gasteiger partial charge < -0.3 is 0 Å². The summed E-state index contributed by atoms with van der Waals surface area (Å²) in [7, 11) is 1.73. The SMILES string of the molecule is BCC(=O)NC(=O)C1CC1. The molecule has 0 radical (unpaired) electrons. The summed E-state index contributed by atoms with van der Waals surface area (Å²) in [6, 6.07) is 0. The Bertz CT molecular complexity index is 165. The van der Waals surface area contributed by atoms with Crippen LogP contribution in [-0.2, 0) is 9.59 Å². The minimum Gasteiger partial charge on any atom is -0.297 e. The largest absolute Gasteiger partial charge is 0.297 e. The predicted octanol–water partition coefficient (Wildman–Crippen LogP) is -0.909. The minimum atomic E-state index is -0.170. The van der Waals surface area contributed by atoms with Crippen molar-refractivity contribution >= 4 is 19.7 Å². The van der Waals surface area contributed by atoms with Crippen molar-refractivity contribution in [3.8, 4) is 0 Å². The molecule has 0 saturated heterocycles. The molecule has 0 aromatic heterocycles. The normalized spacial score (nSPS) is 16.4. The summed E-state index contributed by atoms with van der Waals surface area (Å²) in [6.07, 6.45) is 2.28. The molecule has 1 aliphatic rings. The third-order valence-corrected chi connectivity index (χ3v) is 1.53. The maximum Gasteiger partial charge on any atom is 0.229 e. The quantitative estimate of drug-likeness (QED) is 0.503. The Kier molecular flexibility index (Phi) is 2.09. The van der Waals surface area contributed by atoms with E-state index in [1.54, 1.807) is 7.85 Å². The topological polar surface area (TPSA) is 46.2 Å². The van der Waals surface area contributed by atoms with Gasteiger partial charge in [0.05, 0.1) is 0 Å². The lowest BCUT2D eigenvalue weighted by atomic mass is 10.1. The molecule has 0 unspecified atom stereocenters. The lowest BCUT2D eigenvalue weighted by Gasteiger charge is -1.97. The van der Waals surface area contributed by atoms with Crippen molar-refractivity contribution in [1.82, 2.24) is 5.32 Å². The number of nitrogens with one attached hydrogen (secondary N) is 1. The molecule has 0 bridgehead atoms. The summed E-state index contributed by atoms with van der Waals surface area (Å²) in [5.41, 5.74) is 0. The van der Waals surface area contributed by atoms with E-state index in [0.717, 1.165) is 12.8 Å². The van der Waals surface area contributed by atoms with Gasteiger partial charge in [-0.1, -0.05) is 0 Å². The first-order valence-electron chi connectivity index (χ1n) is 3.57. The maximum absolute atomic E-state index is 10.8. The minimum absolute atomic E-state index is 0.0909. The summed E-state index contributed by atoms with van der Waals surface area (Å²) in [4.78, 5) is 21.5. The van der Waals surface area contributed by atoms with Crippen LogP contribution in [0.3, 0.4) is 0 Å². The van der Waals surface area contributed by atoms with Crippen LogP contribution < -0.4 is 5.32 Å². The van der Waals surface area contributed by atoms with E-state index < -0.39 is 0 Å². The van der Waals surface area contributed by atoms with Crippen LogP contribution in [0, 0.1) is 5.92 Å². The van der Waals surface area contributed by atoms with Gasteiger partial charge in [0.2, 0.25) is 11.8 Å². The van der Waals surface area contributed by atoms with Gasteiger partial charge in [-0.3, -0.25) is 14.9 Å². The smallest absolute Gasteiger partial charge is 0.229 e. The maximum atomic E-state index is 10.8. The number of amides is 2. The summed E-state index contributed by atoms with van der Waals surface area (Å²) >= 11 is 0. The van der Waals surface area contributed by atoms with Crippen molar-refractivity contribution in [2.45, 2.75) is 19.2 Å². The van der Waals surface area contributed by atoms with Gasteiger partial charge in [0.25, 0.3) is 0 Å². The van der Waals surface area contributed by atoms with E-state index in [-0.39, 0.29) is 17.7 Å². The average Bonchev–Trinajstić information content (AvgIpc) is 2.68. The van der Waals surface area contributed by atoms with Crippen LogP contribution in [0.15, 0.2) is 0 Å². The molecule has 1 fully saturated rings. The molecular formula is C6H10BNO2. The van der Waals surface area contributed by atoms with Crippen LogP contribution in [0.2, 0.25) is 6.32 Å². The lowest BCUT2D eigenvalue weighted by molar-refractivity contribution is -0.129. The molecular weight excluding hydrogens is 129 g/mol. The Labute approximate surface area is 60.6 Å². The standard InChI is InChI=1S/C6H10BNO2/c7-3-5(9)8-6(10)4-1-2-4/h4H,1-3,7H2,(H,8,9,10). The van der Waals surface area contributed by atoms with Crippen molar-refractivity contribution in [3.05, 3.63) is 0 Å². The molecule has 1 aliphatic carbocycles. The Balaban J connectivity index is 2.23. The van der Waals surface area contributed by atoms with E-state index in [1.807, 2.05) is 0 Å². The molecule has 0 aromatic carbocycles. The fourth-order valence-electron chi connectivity index (χ4n) is 0.673. The second-order valence-electron chi connectivity index (χ2n) is 2.54. The highest BCUT2D eigenvalue weighted by atomic mass is 16.2. The highest BCUT2D eigenvalue weighted by Gasteiger charge is 2.30. The molecule has 1 rings (SSSR count). The van der Waals surface area contributed by atoms with Crippen molar-refractivity contribution < 1.29 is 9.59 Å². The van der Waals surface area contributed by atoms with Crippen LogP contribution in [0.4, 0.5) is 0 Å². The third kappa shape index (κ3) is 1.86. The highest BCUT2D eigenvalue weighted by Crippen LogP contribution is 2.28. The van der Waals surface area contributed by atoms with Gasteiger partial charge >= 0.3 is 0 Å². The van der Waals surface area contributed by atoms with Crippen molar-refractivity contribution in [2.24, 2.45) is 5.92 Å². The van der Waals surface area contributed by atoms with Gasteiger partial charge in [0.1, 0.15) is 7.85 Å². The zero-order chi connectivity index (χ0) is 7.56. The number of imide groups is 1. The van der Waals surface area contributed by atoms with Crippen LogP contribution in [0.25, 0.3) is 0 Å². The van der Waals surface area contributed by atoms with Gasteiger partial charge in [0.15, 0.2) is 0 Å². The summed E-state index contributed by atoms with van der Waals surface area (Å²) in [6.45, 7) is 0. The fourth-order valence-corrected chi connectivity index (χ4v) is 0.673. The Morgan fingerprint density at radius 1 is 1.50 bits per heavy atom.